The number of rotatable bonds is 9. The van der Waals surface area contributed by atoms with Gasteiger partial charge in [-0.05, 0) is 60.4 Å². The number of amides is 2. The minimum Gasteiger partial charge on any atom is -0.493 e. The Morgan fingerprint density at radius 1 is 1.09 bits per heavy atom. The number of aryl methyl sites for hydroxylation is 1. The number of carbonyl (C=O) groups is 2. The molecule has 0 spiro atoms. The monoisotopic (exact) mass is 465 g/mol. The summed E-state index contributed by atoms with van der Waals surface area (Å²) in [5.74, 6) is 0.847. The molecular formula is C27H35N3O4. The Morgan fingerprint density at radius 3 is 2.35 bits per heavy atom. The average Bonchev–Trinajstić information content (AvgIpc) is 3.29. The van der Waals surface area contributed by atoms with E-state index < -0.39 is 12.0 Å². The van der Waals surface area contributed by atoms with Crippen LogP contribution in [0.25, 0.3) is 0 Å². The van der Waals surface area contributed by atoms with Gasteiger partial charge in [-0.15, -0.1) is 0 Å². The van der Waals surface area contributed by atoms with Gasteiger partial charge in [0.15, 0.2) is 0 Å². The van der Waals surface area contributed by atoms with Gasteiger partial charge in [0.2, 0.25) is 0 Å². The lowest BCUT2D eigenvalue weighted by molar-refractivity contribution is -0.139. The van der Waals surface area contributed by atoms with E-state index in [0.29, 0.717) is 18.4 Å². The molecule has 2 N–H and O–H groups in total. The topological polar surface area (TPSA) is 91.8 Å². The number of aromatic nitrogens is 1. The lowest BCUT2D eigenvalue weighted by atomic mass is 9.82. The molecule has 2 aliphatic rings. The van der Waals surface area contributed by atoms with Crippen molar-refractivity contribution in [3.05, 3.63) is 59.4 Å². The van der Waals surface area contributed by atoms with E-state index in [-0.39, 0.29) is 12.5 Å². The number of hydrogen-bond acceptors (Lipinski definition) is 4. The number of ether oxygens (including phenoxy) is 1. The first-order chi connectivity index (χ1) is 16.5. The van der Waals surface area contributed by atoms with E-state index in [1.165, 1.54) is 31.2 Å². The van der Waals surface area contributed by atoms with Gasteiger partial charge in [0.05, 0.1) is 6.61 Å². The molecule has 7 heteroatoms. The van der Waals surface area contributed by atoms with Gasteiger partial charge >= 0.3 is 12.0 Å². The molecule has 1 aliphatic carbocycles. The molecule has 2 fully saturated rings. The summed E-state index contributed by atoms with van der Waals surface area (Å²) in [4.78, 5) is 30.8. The predicted molar refractivity (Wildman–Crippen MR) is 130 cm³/mol. The van der Waals surface area contributed by atoms with Crippen LogP contribution in [0.2, 0.25) is 0 Å². The molecule has 1 saturated heterocycles. The van der Waals surface area contributed by atoms with Gasteiger partial charge in [0, 0.05) is 37.8 Å². The zero-order valence-electron chi connectivity index (χ0n) is 19.9. The third kappa shape index (κ3) is 6.27. The molecule has 0 bridgehead atoms. The summed E-state index contributed by atoms with van der Waals surface area (Å²) >= 11 is 0. The van der Waals surface area contributed by atoms with Crippen molar-refractivity contribution in [3.63, 3.8) is 0 Å². The number of hydrogen-bond donors (Lipinski definition) is 2. The Hall–Kier alpha value is -3.09. The Balaban J connectivity index is 1.25. The number of likely N-dealkylation sites (tertiary alicyclic amines) is 1. The van der Waals surface area contributed by atoms with Crippen LogP contribution in [0.5, 0.6) is 5.75 Å². The number of nitrogens with zero attached hydrogens (tertiary/aromatic N) is 2. The number of fused-ring (bicyclic) bond motifs is 1. The minimum absolute atomic E-state index is 0.232. The van der Waals surface area contributed by atoms with Crippen LogP contribution in [-0.2, 0) is 24.1 Å². The van der Waals surface area contributed by atoms with Crippen LogP contribution < -0.4 is 10.1 Å². The molecule has 1 unspecified atom stereocenters. The first-order valence-corrected chi connectivity index (χ1v) is 12.5. The number of carboxylic acid groups (broad SMARTS) is 1. The van der Waals surface area contributed by atoms with E-state index in [1.807, 2.05) is 36.5 Å². The zero-order valence-corrected chi connectivity index (χ0v) is 19.9. The third-order valence-corrected chi connectivity index (χ3v) is 7.14. The normalized spacial score (nSPS) is 20.4. The lowest BCUT2D eigenvalue weighted by Crippen LogP contribution is -2.48. The molecule has 1 saturated carbocycles. The van der Waals surface area contributed by atoms with Crippen molar-refractivity contribution >= 4 is 12.0 Å². The quantitative estimate of drug-likeness (QED) is 0.582. The fourth-order valence-electron chi connectivity index (χ4n) is 5.06. The second kappa shape index (κ2) is 11.4. The smallest absolute Gasteiger partial charge is 0.326 e. The highest BCUT2D eigenvalue weighted by molar-refractivity contribution is 5.83. The van der Waals surface area contributed by atoms with Crippen molar-refractivity contribution in [2.45, 2.75) is 57.9 Å². The minimum atomic E-state index is -1.02. The molecule has 2 amide bonds. The number of benzene rings is 1. The first-order valence-electron chi connectivity index (χ1n) is 12.5. The van der Waals surface area contributed by atoms with Crippen LogP contribution in [0.3, 0.4) is 0 Å². The van der Waals surface area contributed by atoms with Crippen LogP contribution in [0.4, 0.5) is 4.79 Å². The largest absolute Gasteiger partial charge is 0.493 e. The zero-order chi connectivity index (χ0) is 23.9. The highest BCUT2D eigenvalue weighted by Gasteiger charge is 2.37. The number of carboxylic acids is 1. The van der Waals surface area contributed by atoms with Crippen molar-refractivity contribution in [2.75, 3.05) is 19.7 Å². The van der Waals surface area contributed by atoms with E-state index in [2.05, 4.69) is 23.3 Å². The Labute approximate surface area is 201 Å². The number of carbonyl (C=O) groups excluding carboxylic acids is 1. The molecule has 7 nitrogen and oxygen atoms in total. The van der Waals surface area contributed by atoms with Crippen LogP contribution in [0.15, 0.2) is 42.6 Å². The van der Waals surface area contributed by atoms with E-state index in [4.69, 9.17) is 4.74 Å². The van der Waals surface area contributed by atoms with Crippen LogP contribution in [0.1, 0.15) is 49.4 Å². The van der Waals surface area contributed by atoms with E-state index in [0.717, 1.165) is 42.9 Å². The van der Waals surface area contributed by atoms with Gasteiger partial charge in [-0.1, -0.05) is 38.0 Å². The first kappa shape index (κ1) is 24.0. The van der Waals surface area contributed by atoms with Gasteiger partial charge in [-0.25, -0.2) is 9.59 Å². The highest BCUT2D eigenvalue weighted by Crippen LogP contribution is 2.36. The maximum Gasteiger partial charge on any atom is 0.326 e. The van der Waals surface area contributed by atoms with Crippen molar-refractivity contribution in [1.29, 1.82) is 0 Å². The standard InChI is InChI=1S/C27H35N3O4/c1-2-19-7-10-23(28-16-19)13-14-34-24-11-8-20(9-12-24)15-25(26(31)32)29-27(33)30-17-21-5-3-4-6-22(21)18-30/h7-12,16,21-22,25H,2-6,13-15,17-18H2,1H3,(H,29,33)(H,31,32)/t21-,22+,25?. The molecule has 1 aliphatic heterocycles. The van der Waals surface area contributed by atoms with Crippen molar-refractivity contribution < 1.29 is 19.4 Å². The summed E-state index contributed by atoms with van der Waals surface area (Å²) in [5.41, 5.74) is 3.05. The predicted octanol–water partition coefficient (Wildman–Crippen LogP) is 4.09. The SMILES string of the molecule is CCc1ccc(CCOc2ccc(CC(NC(=O)N3C[C@H]4CCCC[C@H]4C3)C(=O)O)cc2)nc1. The van der Waals surface area contributed by atoms with E-state index in [9.17, 15) is 14.7 Å². The summed E-state index contributed by atoms with van der Waals surface area (Å²) in [6.45, 7) is 4.11. The van der Waals surface area contributed by atoms with Gasteiger partial charge < -0.3 is 20.1 Å². The lowest BCUT2D eigenvalue weighted by Gasteiger charge is -2.22. The van der Waals surface area contributed by atoms with Crippen molar-refractivity contribution in [1.82, 2.24) is 15.2 Å². The number of urea groups is 1. The summed E-state index contributed by atoms with van der Waals surface area (Å²) in [7, 11) is 0. The van der Waals surface area contributed by atoms with Crippen molar-refractivity contribution in [3.8, 4) is 5.75 Å². The van der Waals surface area contributed by atoms with Gasteiger partial charge in [-0.2, -0.15) is 0 Å². The number of nitrogens with one attached hydrogen (secondary N) is 1. The Morgan fingerprint density at radius 2 is 1.76 bits per heavy atom. The summed E-state index contributed by atoms with van der Waals surface area (Å²) in [6, 6.07) is 10.3. The fourth-order valence-corrected chi connectivity index (χ4v) is 5.06. The third-order valence-electron chi connectivity index (χ3n) is 7.14. The summed E-state index contributed by atoms with van der Waals surface area (Å²) in [6.07, 6.45) is 8.64. The van der Waals surface area contributed by atoms with E-state index in [1.54, 1.807) is 4.90 Å². The summed E-state index contributed by atoms with van der Waals surface area (Å²) < 4.78 is 5.82. The van der Waals surface area contributed by atoms with Crippen LogP contribution in [-0.4, -0.2) is 52.7 Å². The Kier molecular flexibility index (Phi) is 8.03. The molecule has 2 aromatic rings. The Bertz CT molecular complexity index is 947. The van der Waals surface area contributed by atoms with Crippen LogP contribution in [0, 0.1) is 11.8 Å². The molecule has 1 aromatic carbocycles. The van der Waals surface area contributed by atoms with E-state index >= 15 is 0 Å². The van der Waals surface area contributed by atoms with Gasteiger partial charge in [0.1, 0.15) is 11.8 Å². The molecular weight excluding hydrogens is 430 g/mol. The highest BCUT2D eigenvalue weighted by atomic mass is 16.5. The second-order valence-corrected chi connectivity index (χ2v) is 9.51. The second-order valence-electron chi connectivity index (χ2n) is 9.51. The average molecular weight is 466 g/mol. The van der Waals surface area contributed by atoms with Crippen molar-refractivity contribution in [2.24, 2.45) is 11.8 Å². The molecule has 4 rings (SSSR count). The molecule has 34 heavy (non-hydrogen) atoms. The molecule has 1 aromatic heterocycles. The number of pyridine rings is 1. The number of aliphatic carboxylic acids is 1. The molecule has 3 atom stereocenters. The molecule has 182 valence electrons. The molecule has 0 radical (unpaired) electrons. The van der Waals surface area contributed by atoms with Gasteiger partial charge in [-0.3, -0.25) is 4.98 Å². The summed E-state index contributed by atoms with van der Waals surface area (Å²) in [5, 5.41) is 12.4. The maximum atomic E-state index is 12.7. The van der Waals surface area contributed by atoms with Crippen LogP contribution >= 0.6 is 0 Å². The molecule has 2 heterocycles. The maximum absolute atomic E-state index is 12.7. The van der Waals surface area contributed by atoms with Gasteiger partial charge in [0.25, 0.3) is 0 Å². The fraction of sp³-hybridized carbons (Fsp3) is 0.519.